The van der Waals surface area contributed by atoms with Gasteiger partial charge in [-0.25, -0.2) is 0 Å². The van der Waals surface area contributed by atoms with Crippen LogP contribution < -0.4 is 0 Å². The molecule has 8 heteroatoms. The molecule has 0 aromatic carbocycles. The Morgan fingerprint density at radius 1 is 1.30 bits per heavy atom. The van der Waals surface area contributed by atoms with E-state index in [1.807, 2.05) is 25.1 Å². The van der Waals surface area contributed by atoms with E-state index in [0.29, 0.717) is 6.54 Å². The van der Waals surface area contributed by atoms with Gasteiger partial charge in [-0.05, 0) is 43.5 Å². The average Bonchev–Trinajstić information content (AvgIpc) is 3.16. The van der Waals surface area contributed by atoms with Crippen LogP contribution in [0.2, 0.25) is 0 Å². The first-order valence-electron chi connectivity index (χ1n) is 7.57. The standard InChI is InChI=1S/C15H21N5O2S/c1-11-9-14(18-17-11)13-10-12(6-7-16-13)15-5-4-8-20(15)23(21,22)19(2)3/h6-7,9-10,15H,4-5,8H2,1-3H3,(H,17,18). The molecule has 1 N–H and O–H groups in total. The van der Waals surface area contributed by atoms with Crippen LogP contribution in [0, 0.1) is 6.92 Å². The molecule has 1 atom stereocenters. The van der Waals surface area contributed by atoms with Crippen LogP contribution in [-0.4, -0.2) is 52.8 Å². The predicted octanol–water partition coefficient (Wildman–Crippen LogP) is 1.72. The topological polar surface area (TPSA) is 82.2 Å². The van der Waals surface area contributed by atoms with E-state index in [0.717, 1.165) is 35.5 Å². The normalized spacial score (nSPS) is 19.6. The monoisotopic (exact) mass is 335 g/mol. The van der Waals surface area contributed by atoms with Crippen LogP contribution in [0.5, 0.6) is 0 Å². The zero-order valence-corrected chi connectivity index (χ0v) is 14.3. The molecule has 0 amide bonds. The summed E-state index contributed by atoms with van der Waals surface area (Å²) in [4.78, 5) is 4.36. The Morgan fingerprint density at radius 2 is 2.09 bits per heavy atom. The van der Waals surface area contributed by atoms with Crippen molar-refractivity contribution in [3.05, 3.63) is 35.7 Å². The molecule has 1 aliphatic heterocycles. The first-order chi connectivity index (χ1) is 10.9. The fourth-order valence-electron chi connectivity index (χ4n) is 2.90. The number of aryl methyl sites for hydroxylation is 1. The Balaban J connectivity index is 1.95. The van der Waals surface area contributed by atoms with E-state index in [9.17, 15) is 8.42 Å². The van der Waals surface area contributed by atoms with Crippen LogP contribution in [-0.2, 0) is 10.2 Å². The third-order valence-corrected chi connectivity index (χ3v) is 6.05. The van der Waals surface area contributed by atoms with E-state index < -0.39 is 10.2 Å². The molecule has 1 unspecified atom stereocenters. The van der Waals surface area contributed by atoms with Gasteiger partial charge >= 0.3 is 0 Å². The number of nitrogens with zero attached hydrogens (tertiary/aromatic N) is 4. The zero-order valence-electron chi connectivity index (χ0n) is 13.5. The lowest BCUT2D eigenvalue weighted by molar-refractivity contribution is 0.362. The number of H-pyrrole nitrogens is 1. The average molecular weight is 335 g/mol. The summed E-state index contributed by atoms with van der Waals surface area (Å²) in [5.74, 6) is 0. The van der Waals surface area contributed by atoms with Gasteiger partial charge in [0.25, 0.3) is 10.2 Å². The van der Waals surface area contributed by atoms with Gasteiger partial charge in [-0.15, -0.1) is 0 Å². The molecule has 2 aromatic rings. The summed E-state index contributed by atoms with van der Waals surface area (Å²) in [5, 5.41) is 7.12. The summed E-state index contributed by atoms with van der Waals surface area (Å²) < 4.78 is 27.8. The SMILES string of the molecule is Cc1cc(-c2cc(C3CCCN3S(=O)(=O)N(C)C)ccn2)n[nH]1. The molecule has 7 nitrogen and oxygen atoms in total. The Bertz CT molecular complexity index is 800. The molecule has 1 aliphatic rings. The van der Waals surface area contributed by atoms with E-state index in [4.69, 9.17) is 0 Å². The van der Waals surface area contributed by atoms with Crippen LogP contribution >= 0.6 is 0 Å². The Hall–Kier alpha value is -1.77. The first kappa shape index (κ1) is 16.1. The predicted molar refractivity (Wildman–Crippen MR) is 87.8 cm³/mol. The van der Waals surface area contributed by atoms with Crippen molar-refractivity contribution in [1.82, 2.24) is 23.8 Å². The highest BCUT2D eigenvalue weighted by atomic mass is 32.2. The molecule has 2 aromatic heterocycles. The molecule has 124 valence electrons. The van der Waals surface area contributed by atoms with Gasteiger partial charge in [0, 0.05) is 32.5 Å². The lowest BCUT2D eigenvalue weighted by Crippen LogP contribution is -2.39. The van der Waals surface area contributed by atoms with E-state index >= 15 is 0 Å². The fraction of sp³-hybridized carbons (Fsp3) is 0.467. The van der Waals surface area contributed by atoms with Crippen molar-refractivity contribution in [2.75, 3.05) is 20.6 Å². The largest absolute Gasteiger partial charge is 0.282 e. The number of aromatic nitrogens is 3. The minimum Gasteiger partial charge on any atom is -0.282 e. The molecular weight excluding hydrogens is 314 g/mol. The number of rotatable bonds is 4. The van der Waals surface area contributed by atoms with E-state index in [-0.39, 0.29) is 6.04 Å². The smallest absolute Gasteiger partial charge is 0.282 e. The van der Waals surface area contributed by atoms with Gasteiger partial charge in [0.2, 0.25) is 0 Å². The molecule has 3 heterocycles. The van der Waals surface area contributed by atoms with E-state index in [1.165, 1.54) is 4.31 Å². The van der Waals surface area contributed by atoms with Crippen LogP contribution in [0.3, 0.4) is 0 Å². The van der Waals surface area contributed by atoms with E-state index in [2.05, 4.69) is 15.2 Å². The third kappa shape index (κ3) is 3.01. The summed E-state index contributed by atoms with van der Waals surface area (Å²) >= 11 is 0. The van der Waals surface area contributed by atoms with Crippen molar-refractivity contribution >= 4 is 10.2 Å². The van der Waals surface area contributed by atoms with Crippen molar-refractivity contribution in [3.63, 3.8) is 0 Å². The van der Waals surface area contributed by atoms with Crippen molar-refractivity contribution in [2.24, 2.45) is 0 Å². The summed E-state index contributed by atoms with van der Waals surface area (Å²) in [7, 11) is -0.293. The summed E-state index contributed by atoms with van der Waals surface area (Å²) in [6.45, 7) is 2.48. The maximum Gasteiger partial charge on any atom is 0.282 e. The highest BCUT2D eigenvalue weighted by Crippen LogP contribution is 2.35. The highest BCUT2D eigenvalue weighted by Gasteiger charge is 2.36. The lowest BCUT2D eigenvalue weighted by Gasteiger charge is -2.27. The second-order valence-corrected chi connectivity index (χ2v) is 8.06. The molecule has 1 saturated heterocycles. The van der Waals surface area contributed by atoms with E-state index in [1.54, 1.807) is 24.6 Å². The zero-order chi connectivity index (χ0) is 16.6. The summed E-state index contributed by atoms with van der Waals surface area (Å²) in [6, 6.07) is 5.60. The minimum absolute atomic E-state index is 0.149. The number of aromatic amines is 1. The van der Waals surface area contributed by atoms with Gasteiger partial charge in [-0.3, -0.25) is 10.1 Å². The van der Waals surface area contributed by atoms with Crippen molar-refractivity contribution < 1.29 is 8.42 Å². The second kappa shape index (κ2) is 6.03. The van der Waals surface area contributed by atoms with Gasteiger partial charge < -0.3 is 0 Å². The Morgan fingerprint density at radius 3 is 2.74 bits per heavy atom. The molecule has 0 aliphatic carbocycles. The molecule has 0 bridgehead atoms. The number of nitrogens with one attached hydrogen (secondary N) is 1. The minimum atomic E-state index is -3.42. The Kier molecular flexibility index (Phi) is 4.22. The van der Waals surface area contributed by atoms with Crippen LogP contribution in [0.25, 0.3) is 11.4 Å². The number of hydrogen-bond acceptors (Lipinski definition) is 4. The quantitative estimate of drug-likeness (QED) is 0.922. The molecule has 0 saturated carbocycles. The lowest BCUT2D eigenvalue weighted by atomic mass is 10.1. The highest BCUT2D eigenvalue weighted by molar-refractivity contribution is 7.86. The van der Waals surface area contributed by atoms with Crippen LogP contribution in [0.15, 0.2) is 24.4 Å². The third-order valence-electron chi connectivity index (χ3n) is 4.10. The molecule has 1 fully saturated rings. The maximum absolute atomic E-state index is 12.5. The Labute approximate surface area is 136 Å². The van der Waals surface area contributed by atoms with Crippen LogP contribution in [0.4, 0.5) is 0 Å². The first-order valence-corrected chi connectivity index (χ1v) is 8.97. The fourth-order valence-corrected chi connectivity index (χ4v) is 4.23. The number of hydrogen-bond donors (Lipinski definition) is 1. The van der Waals surface area contributed by atoms with Crippen molar-refractivity contribution in [1.29, 1.82) is 0 Å². The van der Waals surface area contributed by atoms with Crippen LogP contribution in [0.1, 0.15) is 30.1 Å². The summed E-state index contributed by atoms with van der Waals surface area (Å²) in [6.07, 6.45) is 3.39. The summed E-state index contributed by atoms with van der Waals surface area (Å²) in [5.41, 5.74) is 3.44. The van der Waals surface area contributed by atoms with Gasteiger partial charge in [0.1, 0.15) is 5.69 Å². The van der Waals surface area contributed by atoms with Gasteiger partial charge in [-0.2, -0.15) is 22.1 Å². The van der Waals surface area contributed by atoms with Gasteiger partial charge in [-0.1, -0.05) is 0 Å². The van der Waals surface area contributed by atoms with Crippen molar-refractivity contribution in [3.8, 4) is 11.4 Å². The second-order valence-electron chi connectivity index (χ2n) is 5.97. The van der Waals surface area contributed by atoms with Crippen molar-refractivity contribution in [2.45, 2.75) is 25.8 Å². The molecule has 23 heavy (non-hydrogen) atoms. The number of pyridine rings is 1. The molecule has 3 rings (SSSR count). The van der Waals surface area contributed by atoms with Gasteiger partial charge in [0.05, 0.1) is 11.7 Å². The molecular formula is C15H21N5O2S. The van der Waals surface area contributed by atoms with Gasteiger partial charge in [0.15, 0.2) is 0 Å². The maximum atomic E-state index is 12.5. The molecule has 0 radical (unpaired) electrons. The molecule has 0 spiro atoms.